The fraction of sp³-hybridized carbons (Fsp3) is 0.611. The highest BCUT2D eigenvalue weighted by atomic mass is 32.2. The number of pyridine rings is 1. The molecule has 0 aliphatic heterocycles. The van der Waals surface area contributed by atoms with Crippen molar-refractivity contribution in [1.29, 1.82) is 0 Å². The van der Waals surface area contributed by atoms with E-state index < -0.39 is 21.5 Å². The van der Waals surface area contributed by atoms with Crippen molar-refractivity contribution >= 4 is 27.2 Å². The first kappa shape index (κ1) is 22.1. The molecule has 0 fully saturated rings. The Morgan fingerprint density at radius 1 is 1.23 bits per heavy atom. The van der Waals surface area contributed by atoms with Gasteiger partial charge in [-0.25, -0.2) is 8.42 Å². The number of ketones is 1. The van der Waals surface area contributed by atoms with Crippen LogP contribution in [0.2, 0.25) is 0 Å². The number of nitrogens with zero attached hydrogens (tertiary/aromatic N) is 1. The largest absolute Gasteiger partial charge is 0.382 e. The van der Waals surface area contributed by atoms with E-state index in [1.54, 1.807) is 12.4 Å². The Hall–Kier alpha value is -1.96. The summed E-state index contributed by atoms with van der Waals surface area (Å²) in [4.78, 5) is 27.3. The summed E-state index contributed by atoms with van der Waals surface area (Å²) in [5.41, 5.74) is 0.836. The van der Waals surface area contributed by atoms with Crippen molar-refractivity contribution in [3.05, 3.63) is 24.5 Å². The van der Waals surface area contributed by atoms with E-state index >= 15 is 0 Å². The standard InChI is InChI=1S/C18H29N3O4S/c1-3-17(22)10-6-4-5-8-16(21-18(23)14-26(2,24)25)13-20-15-9-7-11-19-12-15/h7,9,11-12,16,20H,3-6,8,10,13-14H2,1-2H3,(H,21,23). The number of rotatable bonds is 13. The van der Waals surface area contributed by atoms with Gasteiger partial charge in [0.15, 0.2) is 9.84 Å². The van der Waals surface area contributed by atoms with Gasteiger partial charge in [-0.1, -0.05) is 19.8 Å². The molecule has 1 heterocycles. The van der Waals surface area contributed by atoms with Gasteiger partial charge in [0.2, 0.25) is 5.91 Å². The van der Waals surface area contributed by atoms with Crippen LogP contribution in [0.25, 0.3) is 0 Å². The van der Waals surface area contributed by atoms with E-state index in [1.165, 1.54) is 0 Å². The lowest BCUT2D eigenvalue weighted by Crippen LogP contribution is -2.42. The van der Waals surface area contributed by atoms with Crippen LogP contribution < -0.4 is 10.6 Å². The maximum atomic E-state index is 11.9. The van der Waals surface area contributed by atoms with Crippen molar-refractivity contribution in [1.82, 2.24) is 10.3 Å². The van der Waals surface area contributed by atoms with Gasteiger partial charge < -0.3 is 10.6 Å². The number of nitrogens with one attached hydrogen (secondary N) is 2. The van der Waals surface area contributed by atoms with Crippen LogP contribution in [0, 0.1) is 0 Å². The molecule has 0 spiro atoms. The molecule has 1 unspecified atom stereocenters. The van der Waals surface area contributed by atoms with E-state index in [9.17, 15) is 18.0 Å². The zero-order chi connectivity index (χ0) is 19.4. The Balaban J connectivity index is 2.48. The molecule has 26 heavy (non-hydrogen) atoms. The van der Waals surface area contributed by atoms with Crippen molar-refractivity contribution in [2.75, 3.05) is 23.9 Å². The van der Waals surface area contributed by atoms with E-state index in [2.05, 4.69) is 15.6 Å². The number of carbonyl (C=O) groups is 2. The number of Topliss-reactive ketones (excluding diaryl/α,β-unsaturated/α-hetero) is 1. The number of unbranched alkanes of at least 4 members (excludes halogenated alkanes) is 2. The third-order valence-corrected chi connectivity index (χ3v) is 4.66. The lowest BCUT2D eigenvalue weighted by molar-refractivity contribution is -0.119. The van der Waals surface area contributed by atoms with Gasteiger partial charge in [-0.05, 0) is 25.0 Å². The average molecular weight is 384 g/mol. The second-order valence-corrected chi connectivity index (χ2v) is 8.59. The molecule has 1 rings (SSSR count). The first-order chi connectivity index (χ1) is 12.3. The molecule has 0 aliphatic carbocycles. The van der Waals surface area contributed by atoms with Crippen molar-refractivity contribution in [2.24, 2.45) is 0 Å². The van der Waals surface area contributed by atoms with Gasteiger partial charge >= 0.3 is 0 Å². The molecular weight excluding hydrogens is 354 g/mol. The molecule has 0 saturated heterocycles. The highest BCUT2D eigenvalue weighted by Crippen LogP contribution is 2.09. The molecule has 8 heteroatoms. The summed E-state index contributed by atoms with van der Waals surface area (Å²) in [6, 6.07) is 3.50. The Kier molecular flexibility index (Phi) is 9.87. The van der Waals surface area contributed by atoms with Crippen LogP contribution in [0.1, 0.15) is 45.4 Å². The molecule has 0 bridgehead atoms. The van der Waals surface area contributed by atoms with Gasteiger partial charge in [-0.15, -0.1) is 0 Å². The Morgan fingerprint density at radius 3 is 2.62 bits per heavy atom. The summed E-state index contributed by atoms with van der Waals surface area (Å²) < 4.78 is 22.6. The molecule has 146 valence electrons. The predicted octanol–water partition coefficient (Wildman–Crippen LogP) is 1.95. The van der Waals surface area contributed by atoms with Crippen LogP contribution in [0.4, 0.5) is 5.69 Å². The lowest BCUT2D eigenvalue weighted by atomic mass is 10.0. The molecular formula is C18H29N3O4S. The fourth-order valence-electron chi connectivity index (χ4n) is 2.51. The lowest BCUT2D eigenvalue weighted by Gasteiger charge is -2.20. The van der Waals surface area contributed by atoms with Crippen LogP contribution in [-0.2, 0) is 19.4 Å². The first-order valence-corrected chi connectivity index (χ1v) is 11.0. The van der Waals surface area contributed by atoms with E-state index in [1.807, 2.05) is 19.1 Å². The number of hydrogen-bond acceptors (Lipinski definition) is 6. The zero-order valence-corrected chi connectivity index (χ0v) is 16.3. The van der Waals surface area contributed by atoms with Gasteiger partial charge in [0, 0.05) is 44.1 Å². The number of sulfone groups is 1. The topological polar surface area (TPSA) is 105 Å². The Morgan fingerprint density at radius 2 is 2.00 bits per heavy atom. The van der Waals surface area contributed by atoms with Crippen LogP contribution in [0.5, 0.6) is 0 Å². The summed E-state index contributed by atoms with van der Waals surface area (Å²) in [6.07, 6.45) is 8.87. The van der Waals surface area contributed by atoms with Gasteiger partial charge in [0.1, 0.15) is 11.5 Å². The van der Waals surface area contributed by atoms with Gasteiger partial charge in [0.05, 0.1) is 5.69 Å². The summed E-state index contributed by atoms with van der Waals surface area (Å²) in [5.74, 6) is -0.741. The number of anilines is 1. The summed E-state index contributed by atoms with van der Waals surface area (Å²) in [7, 11) is -3.36. The molecule has 1 amide bonds. The maximum Gasteiger partial charge on any atom is 0.235 e. The highest BCUT2D eigenvalue weighted by molar-refractivity contribution is 7.91. The van der Waals surface area contributed by atoms with E-state index in [4.69, 9.17) is 0 Å². The molecule has 1 aromatic rings. The number of amides is 1. The Bertz CT molecular complexity index is 662. The van der Waals surface area contributed by atoms with Gasteiger partial charge in [-0.2, -0.15) is 0 Å². The van der Waals surface area contributed by atoms with Crippen LogP contribution >= 0.6 is 0 Å². The molecule has 7 nitrogen and oxygen atoms in total. The number of aromatic nitrogens is 1. The summed E-state index contributed by atoms with van der Waals surface area (Å²) in [6.45, 7) is 2.34. The van der Waals surface area contributed by atoms with Crippen molar-refractivity contribution in [2.45, 2.75) is 51.5 Å². The van der Waals surface area contributed by atoms with Crippen LogP contribution in [-0.4, -0.2) is 49.7 Å². The molecule has 0 aromatic carbocycles. The van der Waals surface area contributed by atoms with E-state index in [0.29, 0.717) is 25.8 Å². The maximum absolute atomic E-state index is 11.9. The zero-order valence-electron chi connectivity index (χ0n) is 15.5. The molecule has 2 N–H and O–H groups in total. The molecule has 0 radical (unpaired) electrons. The second kappa shape index (κ2) is 11.6. The minimum absolute atomic E-state index is 0.189. The fourth-order valence-corrected chi connectivity index (χ4v) is 3.07. The first-order valence-electron chi connectivity index (χ1n) is 8.93. The third-order valence-electron chi connectivity index (χ3n) is 3.88. The van der Waals surface area contributed by atoms with Crippen LogP contribution in [0.3, 0.4) is 0 Å². The molecule has 1 atom stereocenters. The third kappa shape index (κ3) is 10.8. The number of hydrogen-bond donors (Lipinski definition) is 2. The van der Waals surface area contributed by atoms with Crippen molar-refractivity contribution < 1.29 is 18.0 Å². The van der Waals surface area contributed by atoms with Crippen molar-refractivity contribution in [3.63, 3.8) is 0 Å². The predicted molar refractivity (Wildman–Crippen MR) is 103 cm³/mol. The Labute approximate surface area is 155 Å². The van der Waals surface area contributed by atoms with Gasteiger partial charge in [-0.3, -0.25) is 14.6 Å². The SMILES string of the molecule is CCC(=O)CCCCCC(CNc1cccnc1)NC(=O)CS(C)(=O)=O. The minimum atomic E-state index is -3.36. The second-order valence-electron chi connectivity index (χ2n) is 6.45. The number of carbonyl (C=O) groups excluding carboxylic acids is 2. The smallest absolute Gasteiger partial charge is 0.235 e. The molecule has 1 aromatic heterocycles. The molecule has 0 saturated carbocycles. The normalized spacial score (nSPS) is 12.4. The monoisotopic (exact) mass is 383 g/mol. The van der Waals surface area contributed by atoms with Crippen LogP contribution in [0.15, 0.2) is 24.5 Å². The average Bonchev–Trinajstić information content (AvgIpc) is 2.58. The van der Waals surface area contributed by atoms with Crippen molar-refractivity contribution in [3.8, 4) is 0 Å². The van der Waals surface area contributed by atoms with Gasteiger partial charge in [0.25, 0.3) is 0 Å². The summed E-state index contributed by atoms with van der Waals surface area (Å²) >= 11 is 0. The summed E-state index contributed by atoms with van der Waals surface area (Å²) in [5, 5.41) is 5.99. The minimum Gasteiger partial charge on any atom is -0.382 e. The molecule has 0 aliphatic rings. The highest BCUT2D eigenvalue weighted by Gasteiger charge is 2.16. The van der Waals surface area contributed by atoms with E-state index in [-0.39, 0.29) is 11.8 Å². The van der Waals surface area contributed by atoms with E-state index in [0.717, 1.165) is 31.2 Å². The quantitative estimate of drug-likeness (QED) is 0.505.